The predicted molar refractivity (Wildman–Crippen MR) is 45.8 cm³/mol. The van der Waals surface area contributed by atoms with Crippen LogP contribution in [0.1, 0.15) is 19.3 Å². The Morgan fingerprint density at radius 1 is 1.50 bits per heavy atom. The molecule has 1 aliphatic heterocycles. The van der Waals surface area contributed by atoms with E-state index < -0.39 is 17.9 Å². The van der Waals surface area contributed by atoms with Gasteiger partial charge in [-0.3, -0.25) is 4.84 Å². The number of aliphatic hydroxyl groups is 1. The zero-order chi connectivity index (χ0) is 10.2. The summed E-state index contributed by atoms with van der Waals surface area (Å²) in [6, 6.07) is 0. The van der Waals surface area contributed by atoms with E-state index in [1.165, 1.54) is 5.06 Å². The van der Waals surface area contributed by atoms with E-state index in [0.29, 0.717) is 19.4 Å². The Labute approximate surface area is 81.6 Å². The molecule has 3 nitrogen and oxygen atoms in total. The van der Waals surface area contributed by atoms with Crippen molar-refractivity contribution in [2.75, 3.05) is 19.7 Å². The first-order chi connectivity index (χ1) is 6.58. The van der Waals surface area contributed by atoms with Crippen LogP contribution in [0.3, 0.4) is 0 Å². The molecule has 0 aromatic rings. The summed E-state index contributed by atoms with van der Waals surface area (Å²) in [7, 11) is 0. The molecule has 2 rings (SSSR count). The first-order valence-electron chi connectivity index (χ1n) is 5.02. The van der Waals surface area contributed by atoms with Crippen molar-refractivity contribution in [3.63, 3.8) is 0 Å². The Morgan fingerprint density at radius 3 is 2.79 bits per heavy atom. The third kappa shape index (κ3) is 2.04. The van der Waals surface area contributed by atoms with Crippen molar-refractivity contribution in [1.82, 2.24) is 5.06 Å². The van der Waals surface area contributed by atoms with Gasteiger partial charge in [-0.15, -0.1) is 0 Å². The summed E-state index contributed by atoms with van der Waals surface area (Å²) in [5.41, 5.74) is 0. The van der Waals surface area contributed by atoms with Gasteiger partial charge in [0.2, 0.25) is 0 Å². The fourth-order valence-electron chi connectivity index (χ4n) is 2.13. The zero-order valence-electron chi connectivity index (χ0n) is 7.96. The van der Waals surface area contributed by atoms with Crippen LogP contribution in [0.4, 0.5) is 8.78 Å². The number of hydrogen-bond donors (Lipinski definition) is 1. The van der Waals surface area contributed by atoms with Crippen molar-refractivity contribution in [3.05, 3.63) is 0 Å². The standard InChI is InChI=1S/C9H15F2NO2/c10-9(11)3-1-2-7(9)4-12-5-8(13)6-14-12/h7-8,13H,1-6H2/t7?,8-/m1/s1. The van der Waals surface area contributed by atoms with Crippen molar-refractivity contribution in [3.8, 4) is 0 Å². The molecule has 0 aromatic carbocycles. The van der Waals surface area contributed by atoms with Crippen LogP contribution in [-0.2, 0) is 4.84 Å². The minimum atomic E-state index is -2.54. The van der Waals surface area contributed by atoms with Crippen LogP contribution in [0.15, 0.2) is 0 Å². The summed E-state index contributed by atoms with van der Waals surface area (Å²) in [5.74, 6) is -3.15. The lowest BCUT2D eigenvalue weighted by atomic mass is 10.1. The van der Waals surface area contributed by atoms with Crippen LogP contribution in [0.25, 0.3) is 0 Å². The maximum atomic E-state index is 13.2. The first kappa shape index (κ1) is 10.3. The van der Waals surface area contributed by atoms with Gasteiger partial charge in [0.25, 0.3) is 5.92 Å². The van der Waals surface area contributed by atoms with Gasteiger partial charge in [-0.2, -0.15) is 5.06 Å². The highest BCUT2D eigenvalue weighted by Gasteiger charge is 2.45. The Morgan fingerprint density at radius 2 is 2.29 bits per heavy atom. The van der Waals surface area contributed by atoms with E-state index in [9.17, 15) is 8.78 Å². The molecular formula is C9H15F2NO2. The third-order valence-electron chi connectivity index (χ3n) is 2.95. The molecule has 5 heteroatoms. The normalized spacial score (nSPS) is 37.9. The molecule has 2 fully saturated rings. The van der Waals surface area contributed by atoms with E-state index in [1.54, 1.807) is 0 Å². The van der Waals surface area contributed by atoms with Crippen molar-refractivity contribution >= 4 is 0 Å². The SMILES string of the molecule is O[C@H]1CON(CC2CCCC2(F)F)C1. The zero-order valence-corrected chi connectivity index (χ0v) is 7.96. The van der Waals surface area contributed by atoms with Gasteiger partial charge in [-0.05, 0) is 12.8 Å². The molecule has 14 heavy (non-hydrogen) atoms. The molecule has 1 saturated heterocycles. The predicted octanol–water partition coefficient (Wildman–Crippen LogP) is 1.03. The molecule has 1 heterocycles. The van der Waals surface area contributed by atoms with Gasteiger partial charge in [-0.25, -0.2) is 8.78 Å². The minimum Gasteiger partial charge on any atom is -0.389 e. The lowest BCUT2D eigenvalue weighted by molar-refractivity contribution is -0.143. The van der Waals surface area contributed by atoms with E-state index in [-0.39, 0.29) is 19.6 Å². The number of β-amino-alcohol motifs (C(OH)–C–C–N with tert-alkyl or cyclic N) is 1. The maximum absolute atomic E-state index is 13.2. The van der Waals surface area contributed by atoms with Gasteiger partial charge in [0.15, 0.2) is 0 Å². The highest BCUT2D eigenvalue weighted by molar-refractivity contribution is 4.86. The van der Waals surface area contributed by atoms with Crippen molar-refractivity contribution in [1.29, 1.82) is 0 Å². The van der Waals surface area contributed by atoms with Crippen LogP contribution in [-0.4, -0.2) is 41.9 Å². The Kier molecular flexibility index (Phi) is 2.72. The molecular weight excluding hydrogens is 192 g/mol. The second-order valence-electron chi connectivity index (χ2n) is 4.15. The minimum absolute atomic E-state index is 0.00589. The van der Waals surface area contributed by atoms with Gasteiger partial charge in [0.1, 0.15) is 0 Å². The molecule has 1 unspecified atom stereocenters. The smallest absolute Gasteiger partial charge is 0.252 e. The van der Waals surface area contributed by atoms with E-state index in [2.05, 4.69) is 0 Å². The molecule has 0 spiro atoms. The van der Waals surface area contributed by atoms with Crippen LogP contribution in [0.5, 0.6) is 0 Å². The molecule has 1 N–H and O–H groups in total. The lowest BCUT2D eigenvalue weighted by Gasteiger charge is -2.23. The molecule has 0 amide bonds. The fraction of sp³-hybridized carbons (Fsp3) is 1.00. The third-order valence-corrected chi connectivity index (χ3v) is 2.95. The molecule has 0 bridgehead atoms. The topological polar surface area (TPSA) is 32.7 Å². The second-order valence-corrected chi connectivity index (χ2v) is 4.15. The summed E-state index contributed by atoms with van der Waals surface area (Å²) < 4.78 is 26.4. The van der Waals surface area contributed by atoms with Gasteiger partial charge < -0.3 is 5.11 Å². The van der Waals surface area contributed by atoms with Crippen molar-refractivity contribution in [2.24, 2.45) is 5.92 Å². The summed E-state index contributed by atoms with van der Waals surface area (Å²) in [4.78, 5) is 5.07. The van der Waals surface area contributed by atoms with Crippen LogP contribution in [0, 0.1) is 5.92 Å². The number of aliphatic hydroxyl groups excluding tert-OH is 1. The van der Waals surface area contributed by atoms with E-state index in [1.807, 2.05) is 0 Å². The summed E-state index contributed by atoms with van der Waals surface area (Å²) in [5, 5.41) is 10.6. The molecule has 1 saturated carbocycles. The molecule has 0 aromatic heterocycles. The van der Waals surface area contributed by atoms with Gasteiger partial charge in [0, 0.05) is 18.9 Å². The number of rotatable bonds is 2. The fourth-order valence-corrected chi connectivity index (χ4v) is 2.13. The summed E-state index contributed by atoms with van der Waals surface area (Å²) in [6.07, 6.45) is 0.621. The van der Waals surface area contributed by atoms with E-state index in [4.69, 9.17) is 9.94 Å². The average Bonchev–Trinajstić information content (AvgIpc) is 2.61. The number of hydroxylamine groups is 2. The molecule has 1 aliphatic carbocycles. The molecule has 2 aliphatic rings. The highest BCUT2D eigenvalue weighted by Crippen LogP contribution is 2.40. The largest absolute Gasteiger partial charge is 0.389 e. The second kappa shape index (κ2) is 3.72. The monoisotopic (exact) mass is 207 g/mol. The summed E-state index contributed by atoms with van der Waals surface area (Å²) in [6.45, 7) is 0.828. The van der Waals surface area contributed by atoms with E-state index in [0.717, 1.165) is 0 Å². The van der Waals surface area contributed by atoms with Crippen molar-refractivity contribution < 1.29 is 18.7 Å². The maximum Gasteiger partial charge on any atom is 0.252 e. The number of nitrogens with zero attached hydrogens (tertiary/aromatic N) is 1. The molecule has 0 radical (unpaired) electrons. The number of alkyl halides is 2. The van der Waals surface area contributed by atoms with Gasteiger partial charge in [-0.1, -0.05) is 0 Å². The Hall–Kier alpha value is -0.260. The Balaban J connectivity index is 1.85. The quantitative estimate of drug-likeness (QED) is 0.734. The average molecular weight is 207 g/mol. The molecule has 2 atom stereocenters. The van der Waals surface area contributed by atoms with Crippen LogP contribution < -0.4 is 0 Å². The molecule has 82 valence electrons. The van der Waals surface area contributed by atoms with Crippen molar-refractivity contribution in [2.45, 2.75) is 31.3 Å². The summed E-state index contributed by atoms with van der Waals surface area (Å²) >= 11 is 0. The van der Waals surface area contributed by atoms with Gasteiger partial charge >= 0.3 is 0 Å². The van der Waals surface area contributed by atoms with Gasteiger partial charge in [0.05, 0.1) is 19.3 Å². The first-order valence-corrected chi connectivity index (χ1v) is 5.02. The van der Waals surface area contributed by atoms with Crippen LogP contribution >= 0.6 is 0 Å². The highest BCUT2D eigenvalue weighted by atomic mass is 19.3. The van der Waals surface area contributed by atoms with E-state index >= 15 is 0 Å². The number of halogens is 2. The van der Waals surface area contributed by atoms with Crippen LogP contribution in [0.2, 0.25) is 0 Å². The Bertz CT molecular complexity index is 213. The number of hydrogen-bond acceptors (Lipinski definition) is 3. The lowest BCUT2D eigenvalue weighted by Crippen LogP contribution is -2.34.